The highest BCUT2D eigenvalue weighted by molar-refractivity contribution is 7.89. The quantitative estimate of drug-likeness (QED) is 0.853. The smallest absolute Gasteiger partial charge is 0.246 e. The largest absolute Gasteiger partial charge is 0.396 e. The summed E-state index contributed by atoms with van der Waals surface area (Å²) in [6.07, 6.45) is 0. The summed E-state index contributed by atoms with van der Waals surface area (Å²) in [5.74, 6) is -0.444. The third-order valence-corrected chi connectivity index (χ3v) is 5.65. The maximum atomic E-state index is 13.9. The topological polar surface area (TPSA) is 63.4 Å². The summed E-state index contributed by atoms with van der Waals surface area (Å²) in [5.41, 5.74) is 5.17. The number of hydrogen-bond acceptors (Lipinski definition) is 3. The van der Waals surface area contributed by atoms with Crippen molar-refractivity contribution in [3.63, 3.8) is 0 Å². The first-order valence-electron chi connectivity index (χ1n) is 5.98. The van der Waals surface area contributed by atoms with Crippen LogP contribution < -0.4 is 5.73 Å². The van der Waals surface area contributed by atoms with Crippen LogP contribution in [0.3, 0.4) is 0 Å². The third-order valence-electron chi connectivity index (χ3n) is 3.60. The summed E-state index contributed by atoms with van der Waals surface area (Å²) in [5, 5.41) is 0.109. The highest BCUT2D eigenvalue weighted by Gasteiger charge is 2.36. The normalized spacial score (nSPS) is 24.8. The molecule has 2 unspecified atom stereocenters. The van der Waals surface area contributed by atoms with Crippen molar-refractivity contribution >= 4 is 27.3 Å². The summed E-state index contributed by atoms with van der Waals surface area (Å²) in [7, 11) is -3.89. The molecule has 0 bridgehead atoms. The average Bonchev–Trinajstić information content (AvgIpc) is 2.65. The lowest BCUT2D eigenvalue weighted by atomic mass is 10.0. The molecule has 0 spiro atoms. The van der Waals surface area contributed by atoms with E-state index in [0.717, 1.165) is 6.07 Å². The van der Waals surface area contributed by atoms with Crippen LogP contribution in [-0.4, -0.2) is 25.8 Å². The molecule has 0 saturated carbocycles. The van der Waals surface area contributed by atoms with Gasteiger partial charge in [0.1, 0.15) is 4.90 Å². The van der Waals surface area contributed by atoms with Crippen molar-refractivity contribution in [3.8, 4) is 0 Å². The van der Waals surface area contributed by atoms with Gasteiger partial charge in [0.05, 0.1) is 5.69 Å². The van der Waals surface area contributed by atoms with Gasteiger partial charge in [-0.15, -0.1) is 0 Å². The van der Waals surface area contributed by atoms with Gasteiger partial charge in [0, 0.05) is 18.1 Å². The van der Waals surface area contributed by atoms with E-state index < -0.39 is 20.7 Å². The Morgan fingerprint density at radius 1 is 1.32 bits per heavy atom. The van der Waals surface area contributed by atoms with Gasteiger partial charge in [0.25, 0.3) is 0 Å². The Hall–Kier alpha value is -0.850. The first kappa shape index (κ1) is 14.6. The minimum absolute atomic E-state index is 0.109. The SMILES string of the molecule is CC1CN(S(=O)(=O)c2cc(Cl)cc(N)c2F)CC1C. The number of sulfonamides is 1. The second kappa shape index (κ2) is 4.92. The Morgan fingerprint density at radius 3 is 2.37 bits per heavy atom. The molecule has 2 N–H and O–H groups in total. The van der Waals surface area contributed by atoms with E-state index in [9.17, 15) is 12.8 Å². The van der Waals surface area contributed by atoms with E-state index >= 15 is 0 Å². The van der Waals surface area contributed by atoms with Gasteiger partial charge in [-0.3, -0.25) is 0 Å². The molecule has 1 heterocycles. The number of benzene rings is 1. The van der Waals surface area contributed by atoms with Gasteiger partial charge >= 0.3 is 0 Å². The van der Waals surface area contributed by atoms with Gasteiger partial charge in [0.2, 0.25) is 10.0 Å². The van der Waals surface area contributed by atoms with Crippen LogP contribution in [0.15, 0.2) is 17.0 Å². The Morgan fingerprint density at radius 2 is 1.84 bits per heavy atom. The van der Waals surface area contributed by atoms with E-state index in [4.69, 9.17) is 17.3 Å². The molecule has 19 heavy (non-hydrogen) atoms. The van der Waals surface area contributed by atoms with Gasteiger partial charge in [-0.25, -0.2) is 12.8 Å². The van der Waals surface area contributed by atoms with E-state index in [-0.39, 0.29) is 22.5 Å². The molecule has 106 valence electrons. The minimum Gasteiger partial charge on any atom is -0.396 e. The number of nitrogen functional groups attached to an aromatic ring is 1. The molecule has 7 heteroatoms. The van der Waals surface area contributed by atoms with Crippen LogP contribution in [0.5, 0.6) is 0 Å². The predicted molar refractivity (Wildman–Crippen MR) is 72.9 cm³/mol. The Labute approximate surface area is 117 Å². The monoisotopic (exact) mass is 306 g/mol. The number of nitrogens with two attached hydrogens (primary N) is 1. The lowest BCUT2D eigenvalue weighted by Gasteiger charge is -2.17. The number of anilines is 1. The average molecular weight is 307 g/mol. The first-order valence-corrected chi connectivity index (χ1v) is 7.80. The summed E-state index contributed by atoms with van der Waals surface area (Å²) >= 11 is 5.76. The lowest BCUT2D eigenvalue weighted by Crippen LogP contribution is -2.30. The van der Waals surface area contributed by atoms with E-state index in [1.54, 1.807) is 0 Å². The second-order valence-electron chi connectivity index (χ2n) is 5.08. The molecule has 1 saturated heterocycles. The van der Waals surface area contributed by atoms with Crippen molar-refractivity contribution < 1.29 is 12.8 Å². The maximum Gasteiger partial charge on any atom is 0.246 e. The van der Waals surface area contributed by atoms with Crippen LogP contribution in [-0.2, 0) is 10.0 Å². The van der Waals surface area contributed by atoms with Crippen molar-refractivity contribution in [1.29, 1.82) is 0 Å². The molecule has 0 aliphatic carbocycles. The first-order chi connectivity index (χ1) is 8.73. The predicted octanol–water partition coefficient (Wildman–Crippen LogP) is 2.34. The number of hydrogen-bond donors (Lipinski definition) is 1. The van der Waals surface area contributed by atoms with E-state index in [2.05, 4.69) is 0 Å². The zero-order chi connectivity index (χ0) is 14.4. The number of nitrogens with zero attached hydrogens (tertiary/aromatic N) is 1. The Balaban J connectivity index is 2.46. The zero-order valence-corrected chi connectivity index (χ0v) is 12.3. The van der Waals surface area contributed by atoms with Crippen LogP contribution in [0.1, 0.15) is 13.8 Å². The molecule has 1 aliphatic heterocycles. The lowest BCUT2D eigenvalue weighted by molar-refractivity contribution is 0.457. The van der Waals surface area contributed by atoms with Gasteiger partial charge in [-0.2, -0.15) is 4.31 Å². The van der Waals surface area contributed by atoms with Gasteiger partial charge in [0.15, 0.2) is 5.82 Å². The molecule has 0 radical (unpaired) electrons. The molecule has 1 aromatic carbocycles. The van der Waals surface area contributed by atoms with Crippen molar-refractivity contribution in [2.45, 2.75) is 18.7 Å². The van der Waals surface area contributed by atoms with Gasteiger partial charge in [-0.1, -0.05) is 25.4 Å². The summed E-state index contributed by atoms with van der Waals surface area (Å²) < 4.78 is 40.1. The molecule has 2 atom stereocenters. The third kappa shape index (κ3) is 2.57. The molecular weight excluding hydrogens is 291 g/mol. The van der Waals surface area contributed by atoms with Crippen LogP contribution in [0, 0.1) is 17.7 Å². The summed E-state index contributed by atoms with van der Waals surface area (Å²) in [6, 6.07) is 2.31. The summed E-state index contributed by atoms with van der Waals surface area (Å²) in [4.78, 5) is -0.446. The van der Waals surface area contributed by atoms with Crippen LogP contribution in [0.2, 0.25) is 5.02 Å². The molecule has 0 amide bonds. The minimum atomic E-state index is -3.89. The van der Waals surface area contributed by atoms with Crippen LogP contribution in [0.25, 0.3) is 0 Å². The fourth-order valence-corrected chi connectivity index (χ4v) is 4.24. The Bertz CT molecular complexity index is 596. The highest BCUT2D eigenvalue weighted by Crippen LogP contribution is 2.32. The van der Waals surface area contributed by atoms with Gasteiger partial charge in [-0.05, 0) is 24.0 Å². The van der Waals surface area contributed by atoms with E-state index in [1.165, 1.54) is 10.4 Å². The number of halogens is 2. The van der Waals surface area contributed by atoms with Crippen LogP contribution >= 0.6 is 11.6 Å². The van der Waals surface area contributed by atoms with E-state index in [0.29, 0.717) is 13.1 Å². The van der Waals surface area contributed by atoms with Crippen LogP contribution in [0.4, 0.5) is 10.1 Å². The fraction of sp³-hybridized carbons (Fsp3) is 0.500. The molecule has 1 aromatic rings. The Kier molecular flexibility index (Phi) is 3.77. The van der Waals surface area contributed by atoms with Crippen molar-refractivity contribution in [2.75, 3.05) is 18.8 Å². The van der Waals surface area contributed by atoms with E-state index in [1.807, 2.05) is 13.8 Å². The standard InChI is InChI=1S/C12H16ClFN2O2S/c1-7-5-16(6-8(7)2)19(17,18)11-4-9(13)3-10(15)12(11)14/h3-4,7-8H,5-6,15H2,1-2H3. The molecule has 1 aliphatic rings. The van der Waals surface area contributed by atoms with Crippen molar-refractivity contribution in [1.82, 2.24) is 4.31 Å². The number of rotatable bonds is 2. The fourth-order valence-electron chi connectivity index (χ4n) is 2.18. The van der Waals surface area contributed by atoms with Crippen molar-refractivity contribution in [2.24, 2.45) is 11.8 Å². The molecular formula is C12H16ClFN2O2S. The molecule has 0 aromatic heterocycles. The highest BCUT2D eigenvalue weighted by atomic mass is 35.5. The second-order valence-corrected chi connectivity index (χ2v) is 7.43. The maximum absolute atomic E-state index is 13.9. The van der Waals surface area contributed by atoms with Crippen molar-refractivity contribution in [3.05, 3.63) is 23.0 Å². The summed E-state index contributed by atoms with van der Waals surface area (Å²) in [6.45, 7) is 4.72. The van der Waals surface area contributed by atoms with Gasteiger partial charge < -0.3 is 5.73 Å². The zero-order valence-electron chi connectivity index (χ0n) is 10.7. The molecule has 2 rings (SSSR count). The molecule has 1 fully saturated rings. The molecule has 4 nitrogen and oxygen atoms in total.